The third kappa shape index (κ3) is 1.34. The summed E-state index contributed by atoms with van der Waals surface area (Å²) in [5.41, 5.74) is 0. The van der Waals surface area contributed by atoms with Gasteiger partial charge in [0.05, 0.1) is 0 Å². The van der Waals surface area contributed by atoms with Crippen LogP contribution in [0.3, 0.4) is 0 Å². The Morgan fingerprint density at radius 2 is 1.90 bits per heavy atom. The number of nitrogens with one attached hydrogen (secondary N) is 1. The second-order valence-electron chi connectivity index (χ2n) is 3.98. The van der Waals surface area contributed by atoms with Crippen LogP contribution in [-0.4, -0.2) is 12.6 Å². The van der Waals surface area contributed by atoms with Crippen molar-refractivity contribution in [3.05, 3.63) is 0 Å². The summed E-state index contributed by atoms with van der Waals surface area (Å²) in [4.78, 5) is 0. The molecule has 2 fully saturated rings. The van der Waals surface area contributed by atoms with E-state index < -0.39 is 0 Å². The monoisotopic (exact) mass is 139 g/mol. The lowest BCUT2D eigenvalue weighted by Gasteiger charge is -2.27. The van der Waals surface area contributed by atoms with Crippen LogP contribution < -0.4 is 5.32 Å². The minimum Gasteiger partial charge on any atom is -0.314 e. The van der Waals surface area contributed by atoms with Crippen LogP contribution >= 0.6 is 0 Å². The van der Waals surface area contributed by atoms with Gasteiger partial charge in [-0.05, 0) is 51.0 Å². The predicted molar refractivity (Wildman–Crippen MR) is 42.9 cm³/mol. The molecule has 1 N–H and O–H groups in total. The third-order valence-electron chi connectivity index (χ3n) is 2.95. The minimum absolute atomic E-state index is 0.791. The van der Waals surface area contributed by atoms with Crippen molar-refractivity contribution in [3.63, 3.8) is 0 Å². The van der Waals surface area contributed by atoms with Gasteiger partial charge in [-0.2, -0.15) is 0 Å². The quantitative estimate of drug-likeness (QED) is 0.584. The molecule has 0 aromatic rings. The lowest BCUT2D eigenvalue weighted by molar-refractivity contribution is 0.287. The molecule has 0 aromatic carbocycles. The lowest BCUT2D eigenvalue weighted by atomic mass is 9.89. The van der Waals surface area contributed by atoms with E-state index >= 15 is 0 Å². The third-order valence-corrected chi connectivity index (χ3v) is 2.95. The van der Waals surface area contributed by atoms with Gasteiger partial charge >= 0.3 is 0 Å². The van der Waals surface area contributed by atoms with Gasteiger partial charge in [-0.25, -0.2) is 0 Å². The molecule has 0 aromatic heterocycles. The maximum absolute atomic E-state index is 3.49. The Balaban J connectivity index is 1.84. The van der Waals surface area contributed by atoms with E-state index in [1.54, 1.807) is 0 Å². The van der Waals surface area contributed by atoms with Crippen LogP contribution in [-0.2, 0) is 0 Å². The molecule has 2 unspecified atom stereocenters. The second-order valence-corrected chi connectivity index (χ2v) is 3.98. The van der Waals surface area contributed by atoms with Crippen molar-refractivity contribution in [1.29, 1.82) is 0 Å². The average molecular weight is 139 g/mol. The number of rotatable bonds is 1. The van der Waals surface area contributed by atoms with Crippen molar-refractivity contribution in [2.45, 2.75) is 38.6 Å². The molecular weight excluding hydrogens is 122 g/mol. The second kappa shape index (κ2) is 2.54. The first-order chi connectivity index (χ1) is 4.86. The molecule has 1 aliphatic heterocycles. The standard InChI is InChI=1S/C9H17N/c1-7-6-9(4-5-10-7)8-2-3-8/h7-10H,2-6H2,1H3. The summed E-state index contributed by atoms with van der Waals surface area (Å²) in [6.07, 6.45) is 5.93. The summed E-state index contributed by atoms with van der Waals surface area (Å²) in [5.74, 6) is 2.21. The molecule has 0 radical (unpaired) electrons. The SMILES string of the molecule is CC1CC(C2CC2)CCN1. The van der Waals surface area contributed by atoms with Gasteiger partial charge in [0.2, 0.25) is 0 Å². The van der Waals surface area contributed by atoms with E-state index in [2.05, 4.69) is 12.2 Å². The molecule has 2 aliphatic rings. The number of piperidine rings is 1. The number of hydrogen-bond donors (Lipinski definition) is 1. The predicted octanol–water partition coefficient (Wildman–Crippen LogP) is 1.78. The minimum atomic E-state index is 0.791. The van der Waals surface area contributed by atoms with Crippen LogP contribution in [0.4, 0.5) is 0 Å². The van der Waals surface area contributed by atoms with E-state index in [0.29, 0.717) is 0 Å². The van der Waals surface area contributed by atoms with Crippen molar-refractivity contribution in [3.8, 4) is 0 Å². The van der Waals surface area contributed by atoms with Gasteiger partial charge in [-0.15, -0.1) is 0 Å². The van der Waals surface area contributed by atoms with Crippen LogP contribution in [0, 0.1) is 11.8 Å². The highest BCUT2D eigenvalue weighted by Gasteiger charge is 2.33. The lowest BCUT2D eigenvalue weighted by Crippen LogP contribution is -2.36. The number of hydrogen-bond acceptors (Lipinski definition) is 1. The van der Waals surface area contributed by atoms with E-state index in [-0.39, 0.29) is 0 Å². The van der Waals surface area contributed by atoms with Crippen LogP contribution in [0.1, 0.15) is 32.6 Å². The maximum Gasteiger partial charge on any atom is 0.00414 e. The zero-order valence-corrected chi connectivity index (χ0v) is 6.77. The molecule has 1 nitrogen and oxygen atoms in total. The van der Waals surface area contributed by atoms with Crippen LogP contribution in [0.15, 0.2) is 0 Å². The molecule has 1 saturated carbocycles. The summed E-state index contributed by atoms with van der Waals surface area (Å²) in [7, 11) is 0. The topological polar surface area (TPSA) is 12.0 Å². The fraction of sp³-hybridized carbons (Fsp3) is 1.00. The van der Waals surface area contributed by atoms with Crippen LogP contribution in [0.2, 0.25) is 0 Å². The molecule has 1 heterocycles. The Labute approximate surface area is 63.2 Å². The summed E-state index contributed by atoms with van der Waals surface area (Å²) in [6.45, 7) is 3.58. The van der Waals surface area contributed by atoms with Crippen LogP contribution in [0.5, 0.6) is 0 Å². The Morgan fingerprint density at radius 3 is 2.50 bits per heavy atom. The highest BCUT2D eigenvalue weighted by molar-refractivity contribution is 4.86. The molecule has 0 amide bonds. The largest absolute Gasteiger partial charge is 0.314 e. The van der Waals surface area contributed by atoms with Gasteiger partial charge in [0.1, 0.15) is 0 Å². The summed E-state index contributed by atoms with van der Waals surface area (Å²) < 4.78 is 0. The summed E-state index contributed by atoms with van der Waals surface area (Å²) in [5, 5.41) is 3.49. The molecule has 2 rings (SSSR count). The van der Waals surface area contributed by atoms with Crippen LogP contribution in [0.25, 0.3) is 0 Å². The van der Waals surface area contributed by atoms with Gasteiger partial charge < -0.3 is 5.32 Å². The molecule has 10 heavy (non-hydrogen) atoms. The maximum atomic E-state index is 3.49. The molecule has 2 atom stereocenters. The molecule has 58 valence electrons. The van der Waals surface area contributed by atoms with Gasteiger partial charge in [-0.3, -0.25) is 0 Å². The van der Waals surface area contributed by atoms with Crippen molar-refractivity contribution in [2.24, 2.45) is 11.8 Å². The first-order valence-electron chi connectivity index (χ1n) is 4.59. The fourth-order valence-corrected chi connectivity index (χ4v) is 2.17. The van der Waals surface area contributed by atoms with Crippen molar-refractivity contribution < 1.29 is 0 Å². The molecule has 1 heteroatoms. The first kappa shape index (κ1) is 6.66. The Kier molecular flexibility index (Phi) is 1.69. The van der Waals surface area contributed by atoms with Gasteiger partial charge in [0.15, 0.2) is 0 Å². The highest BCUT2D eigenvalue weighted by Crippen LogP contribution is 2.41. The molecule has 1 saturated heterocycles. The van der Waals surface area contributed by atoms with Gasteiger partial charge in [0.25, 0.3) is 0 Å². The van der Waals surface area contributed by atoms with E-state index in [4.69, 9.17) is 0 Å². The van der Waals surface area contributed by atoms with Crippen molar-refractivity contribution >= 4 is 0 Å². The highest BCUT2D eigenvalue weighted by atomic mass is 14.9. The van der Waals surface area contributed by atoms with E-state index in [9.17, 15) is 0 Å². The Bertz CT molecular complexity index is 118. The molecule has 0 spiro atoms. The average Bonchev–Trinajstić information content (AvgIpc) is 2.68. The first-order valence-corrected chi connectivity index (χ1v) is 4.59. The van der Waals surface area contributed by atoms with Crippen molar-refractivity contribution in [1.82, 2.24) is 5.32 Å². The van der Waals surface area contributed by atoms with Gasteiger partial charge in [0, 0.05) is 6.04 Å². The molecule has 1 aliphatic carbocycles. The molecular formula is C9H17N. The zero-order valence-electron chi connectivity index (χ0n) is 6.77. The van der Waals surface area contributed by atoms with E-state index in [1.807, 2.05) is 0 Å². The normalized spacial score (nSPS) is 41.7. The summed E-state index contributed by atoms with van der Waals surface area (Å²) >= 11 is 0. The smallest absolute Gasteiger partial charge is 0.00414 e. The van der Waals surface area contributed by atoms with Gasteiger partial charge in [-0.1, -0.05) is 0 Å². The fourth-order valence-electron chi connectivity index (χ4n) is 2.17. The summed E-state index contributed by atoms with van der Waals surface area (Å²) in [6, 6.07) is 0.791. The van der Waals surface area contributed by atoms with E-state index in [1.165, 1.54) is 32.2 Å². The Morgan fingerprint density at radius 1 is 1.10 bits per heavy atom. The molecule has 0 bridgehead atoms. The van der Waals surface area contributed by atoms with E-state index in [0.717, 1.165) is 17.9 Å². The Hall–Kier alpha value is -0.0400. The zero-order chi connectivity index (χ0) is 6.97. The van der Waals surface area contributed by atoms with Crippen molar-refractivity contribution in [2.75, 3.05) is 6.54 Å².